The molecule has 1 aromatic carbocycles. The van der Waals surface area contributed by atoms with Crippen molar-refractivity contribution in [3.8, 4) is 5.69 Å². The zero-order valence-electron chi connectivity index (χ0n) is 7.85. The molecule has 76 valence electrons. The van der Waals surface area contributed by atoms with Crippen LogP contribution in [0.1, 0.15) is 0 Å². The van der Waals surface area contributed by atoms with E-state index in [0.29, 0.717) is 16.4 Å². The molecule has 2 N–H and O–H groups in total. The maximum atomic E-state index is 11.6. The van der Waals surface area contributed by atoms with E-state index in [0.717, 1.165) is 0 Å². The number of pyridine rings is 1. The first-order valence-corrected chi connectivity index (χ1v) is 4.79. The van der Waals surface area contributed by atoms with Gasteiger partial charge in [0.1, 0.15) is 0 Å². The molecule has 0 bridgehead atoms. The van der Waals surface area contributed by atoms with Crippen molar-refractivity contribution in [2.45, 2.75) is 0 Å². The molecule has 0 spiro atoms. The number of halogens is 1. The van der Waals surface area contributed by atoms with Gasteiger partial charge in [0.2, 0.25) is 0 Å². The van der Waals surface area contributed by atoms with Gasteiger partial charge in [0, 0.05) is 18.0 Å². The van der Waals surface area contributed by atoms with Gasteiger partial charge >= 0.3 is 0 Å². The molecule has 2 rings (SSSR count). The van der Waals surface area contributed by atoms with E-state index in [1.54, 1.807) is 24.4 Å². The van der Waals surface area contributed by atoms with Crippen LogP contribution in [0.3, 0.4) is 0 Å². The number of nitrogen functional groups attached to an aromatic ring is 1. The Bertz CT molecular complexity index is 548. The summed E-state index contributed by atoms with van der Waals surface area (Å²) in [6.07, 6.45) is 1.61. The predicted octanol–water partition coefficient (Wildman–Crippen LogP) is 2.07. The zero-order chi connectivity index (χ0) is 10.8. The molecule has 1 heterocycles. The van der Waals surface area contributed by atoms with Gasteiger partial charge in [-0.2, -0.15) is 0 Å². The lowest BCUT2D eigenvalue weighted by Gasteiger charge is -2.07. The van der Waals surface area contributed by atoms with Crippen LogP contribution in [0, 0.1) is 0 Å². The van der Waals surface area contributed by atoms with E-state index in [9.17, 15) is 4.79 Å². The fourth-order valence-corrected chi connectivity index (χ4v) is 1.57. The number of nitrogens with zero attached hydrogens (tertiary/aromatic N) is 1. The summed E-state index contributed by atoms with van der Waals surface area (Å²) in [4.78, 5) is 11.6. The molecule has 0 radical (unpaired) electrons. The van der Waals surface area contributed by atoms with E-state index < -0.39 is 0 Å². The van der Waals surface area contributed by atoms with E-state index in [4.69, 9.17) is 17.3 Å². The highest BCUT2D eigenvalue weighted by Crippen LogP contribution is 2.18. The average Bonchev–Trinajstić information content (AvgIpc) is 2.20. The van der Waals surface area contributed by atoms with Gasteiger partial charge in [0.05, 0.1) is 10.7 Å². The van der Waals surface area contributed by atoms with E-state index in [2.05, 4.69) is 0 Å². The van der Waals surface area contributed by atoms with E-state index in [-0.39, 0.29) is 5.56 Å². The Balaban J connectivity index is 2.65. The van der Waals surface area contributed by atoms with Gasteiger partial charge in [-0.25, -0.2) is 0 Å². The molecule has 0 aliphatic heterocycles. The third-order valence-corrected chi connectivity index (χ3v) is 2.38. The number of nitrogens with two attached hydrogens (primary N) is 1. The number of para-hydroxylation sites is 1. The second-order valence-electron chi connectivity index (χ2n) is 3.12. The van der Waals surface area contributed by atoms with Crippen LogP contribution in [-0.4, -0.2) is 4.57 Å². The minimum Gasteiger partial charge on any atom is -0.399 e. The Labute approximate surface area is 91.7 Å². The zero-order valence-corrected chi connectivity index (χ0v) is 8.61. The first kappa shape index (κ1) is 9.80. The maximum Gasteiger partial charge on any atom is 0.257 e. The summed E-state index contributed by atoms with van der Waals surface area (Å²) in [5.74, 6) is 0. The normalized spacial score (nSPS) is 10.2. The number of aromatic nitrogens is 1. The Morgan fingerprint density at radius 1 is 1.20 bits per heavy atom. The SMILES string of the molecule is Nc1ccn(-c2ccccc2Cl)c(=O)c1. The molecule has 0 atom stereocenters. The molecule has 0 aliphatic carbocycles. The topological polar surface area (TPSA) is 48.0 Å². The number of anilines is 1. The van der Waals surface area contributed by atoms with Crippen LogP contribution in [0.5, 0.6) is 0 Å². The van der Waals surface area contributed by atoms with E-state index >= 15 is 0 Å². The maximum absolute atomic E-state index is 11.6. The highest BCUT2D eigenvalue weighted by atomic mass is 35.5. The molecule has 0 aliphatic rings. The standard InChI is InChI=1S/C11H9ClN2O/c12-9-3-1-2-4-10(9)14-6-5-8(13)7-11(14)15/h1-7H,13H2. The number of benzene rings is 1. The van der Waals surface area contributed by atoms with E-state index in [1.807, 2.05) is 12.1 Å². The lowest BCUT2D eigenvalue weighted by molar-refractivity contribution is 0.993. The highest BCUT2D eigenvalue weighted by Gasteiger charge is 2.03. The van der Waals surface area contributed by atoms with Gasteiger partial charge in [-0.15, -0.1) is 0 Å². The van der Waals surface area contributed by atoms with Gasteiger partial charge in [-0.05, 0) is 18.2 Å². The summed E-state index contributed by atoms with van der Waals surface area (Å²) in [5.41, 5.74) is 6.41. The van der Waals surface area contributed by atoms with Crippen molar-refractivity contribution in [1.29, 1.82) is 0 Å². The Morgan fingerprint density at radius 3 is 2.60 bits per heavy atom. The molecule has 3 nitrogen and oxygen atoms in total. The van der Waals surface area contributed by atoms with Gasteiger partial charge in [-0.1, -0.05) is 23.7 Å². The minimum atomic E-state index is -0.192. The average molecular weight is 221 g/mol. The third kappa shape index (κ3) is 1.87. The highest BCUT2D eigenvalue weighted by molar-refractivity contribution is 6.32. The molecule has 0 unspecified atom stereocenters. The lowest BCUT2D eigenvalue weighted by atomic mass is 10.3. The van der Waals surface area contributed by atoms with Crippen LogP contribution in [0.15, 0.2) is 47.4 Å². The second kappa shape index (κ2) is 3.79. The van der Waals surface area contributed by atoms with Crippen molar-refractivity contribution >= 4 is 17.3 Å². The molecule has 1 aromatic heterocycles. The van der Waals surface area contributed by atoms with Crippen molar-refractivity contribution in [1.82, 2.24) is 4.57 Å². The number of rotatable bonds is 1. The van der Waals surface area contributed by atoms with Crippen LogP contribution in [-0.2, 0) is 0 Å². The van der Waals surface area contributed by atoms with Crippen molar-refractivity contribution in [2.24, 2.45) is 0 Å². The van der Waals surface area contributed by atoms with E-state index in [1.165, 1.54) is 10.6 Å². The van der Waals surface area contributed by atoms with Gasteiger partial charge in [0.15, 0.2) is 0 Å². The number of hydrogen-bond donors (Lipinski definition) is 1. The van der Waals surface area contributed by atoms with Crippen molar-refractivity contribution < 1.29 is 0 Å². The Morgan fingerprint density at radius 2 is 1.93 bits per heavy atom. The Kier molecular flexibility index (Phi) is 2.47. The molecule has 0 amide bonds. The van der Waals surface area contributed by atoms with Crippen molar-refractivity contribution in [3.63, 3.8) is 0 Å². The summed E-state index contributed by atoms with van der Waals surface area (Å²) >= 11 is 5.98. The Hall–Kier alpha value is -1.74. The molecule has 4 heteroatoms. The molecule has 15 heavy (non-hydrogen) atoms. The monoisotopic (exact) mass is 220 g/mol. The predicted molar refractivity (Wildman–Crippen MR) is 61.5 cm³/mol. The number of hydrogen-bond acceptors (Lipinski definition) is 2. The van der Waals surface area contributed by atoms with Crippen LogP contribution in [0.4, 0.5) is 5.69 Å². The van der Waals surface area contributed by atoms with Crippen molar-refractivity contribution in [3.05, 3.63) is 58.0 Å². The summed E-state index contributed by atoms with van der Waals surface area (Å²) in [7, 11) is 0. The largest absolute Gasteiger partial charge is 0.399 e. The van der Waals surface area contributed by atoms with Crippen molar-refractivity contribution in [2.75, 3.05) is 5.73 Å². The molecule has 0 fully saturated rings. The molecule has 0 saturated heterocycles. The first-order valence-electron chi connectivity index (χ1n) is 4.41. The van der Waals surface area contributed by atoms with Crippen LogP contribution in [0.2, 0.25) is 5.02 Å². The fraction of sp³-hybridized carbons (Fsp3) is 0. The molecular weight excluding hydrogens is 212 g/mol. The quantitative estimate of drug-likeness (QED) is 0.800. The molecule has 0 saturated carbocycles. The first-order chi connectivity index (χ1) is 7.18. The fourth-order valence-electron chi connectivity index (χ4n) is 1.34. The second-order valence-corrected chi connectivity index (χ2v) is 3.53. The smallest absolute Gasteiger partial charge is 0.257 e. The summed E-state index contributed by atoms with van der Waals surface area (Å²) in [6, 6.07) is 10.2. The van der Waals surface area contributed by atoms with Crippen LogP contribution >= 0.6 is 11.6 Å². The lowest BCUT2D eigenvalue weighted by Crippen LogP contribution is -2.17. The van der Waals surface area contributed by atoms with Gasteiger partial charge < -0.3 is 5.73 Å². The summed E-state index contributed by atoms with van der Waals surface area (Å²) in [5, 5.41) is 0.532. The minimum absolute atomic E-state index is 0.192. The van der Waals surface area contributed by atoms with Crippen LogP contribution < -0.4 is 11.3 Å². The molecular formula is C11H9ClN2O. The third-order valence-electron chi connectivity index (χ3n) is 2.06. The summed E-state index contributed by atoms with van der Waals surface area (Å²) < 4.78 is 1.46. The molecule has 2 aromatic rings. The van der Waals surface area contributed by atoms with Gasteiger partial charge in [0.25, 0.3) is 5.56 Å². The van der Waals surface area contributed by atoms with Crippen LogP contribution in [0.25, 0.3) is 5.69 Å². The van der Waals surface area contributed by atoms with Gasteiger partial charge in [-0.3, -0.25) is 9.36 Å². The summed E-state index contributed by atoms with van der Waals surface area (Å²) in [6.45, 7) is 0.